The van der Waals surface area contributed by atoms with E-state index >= 15 is 0 Å². The summed E-state index contributed by atoms with van der Waals surface area (Å²) in [5.74, 6) is -0.0530. The quantitative estimate of drug-likeness (QED) is 0.645. The van der Waals surface area contributed by atoms with Gasteiger partial charge in [-0.15, -0.1) is 0 Å². The van der Waals surface area contributed by atoms with Gasteiger partial charge in [0.2, 0.25) is 11.8 Å². The molecule has 0 aromatic heterocycles. The smallest absolute Gasteiger partial charge is 0.238 e. The molecule has 2 saturated heterocycles. The lowest BCUT2D eigenvalue weighted by Gasteiger charge is -2.36. The van der Waals surface area contributed by atoms with Gasteiger partial charge in [0.05, 0.1) is 18.5 Å². The van der Waals surface area contributed by atoms with E-state index in [4.69, 9.17) is 11.6 Å². The van der Waals surface area contributed by atoms with E-state index in [0.29, 0.717) is 44.3 Å². The van der Waals surface area contributed by atoms with E-state index < -0.39 is 0 Å². The van der Waals surface area contributed by atoms with E-state index in [0.717, 1.165) is 22.4 Å². The molecule has 2 atom stereocenters. The fourth-order valence-electron chi connectivity index (χ4n) is 4.35. The number of hydrogen-bond donors (Lipinski definition) is 3. The largest absolute Gasteiger partial charge is 0.340 e. The first kappa shape index (κ1) is 22.7. The number of halogens is 1. The number of hydrazine groups is 1. The van der Waals surface area contributed by atoms with Gasteiger partial charge in [0.15, 0.2) is 0 Å². The molecule has 3 N–H and O–H groups in total. The van der Waals surface area contributed by atoms with Crippen molar-refractivity contribution in [3.8, 4) is 0 Å². The molecule has 4 rings (SSSR count). The monoisotopic (exact) mass is 455 g/mol. The minimum absolute atomic E-state index is 0.0227. The van der Waals surface area contributed by atoms with Gasteiger partial charge in [-0.3, -0.25) is 19.9 Å². The first-order valence-corrected chi connectivity index (χ1v) is 11.4. The Balaban J connectivity index is 1.29. The minimum atomic E-state index is -0.171. The van der Waals surface area contributed by atoms with Crippen LogP contribution in [0.4, 0.5) is 5.69 Å². The van der Waals surface area contributed by atoms with Crippen molar-refractivity contribution in [2.45, 2.75) is 19.9 Å². The molecule has 0 radical (unpaired) electrons. The summed E-state index contributed by atoms with van der Waals surface area (Å²) in [4.78, 5) is 29.8. The van der Waals surface area contributed by atoms with Crippen LogP contribution in [0.2, 0.25) is 5.02 Å². The molecule has 8 heteroatoms. The van der Waals surface area contributed by atoms with E-state index in [9.17, 15) is 9.59 Å². The van der Waals surface area contributed by atoms with Crippen molar-refractivity contribution in [1.82, 2.24) is 20.7 Å². The van der Waals surface area contributed by atoms with Crippen LogP contribution in [0.25, 0.3) is 0 Å². The number of piperazine rings is 1. The van der Waals surface area contributed by atoms with Gasteiger partial charge in [-0.25, -0.2) is 5.43 Å². The molecule has 0 bridgehead atoms. The number of carbonyl (C=O) groups excluding carboxylic acids is 2. The summed E-state index contributed by atoms with van der Waals surface area (Å²) < 4.78 is 0. The zero-order valence-electron chi connectivity index (χ0n) is 18.5. The van der Waals surface area contributed by atoms with Gasteiger partial charge in [-0.2, -0.15) is 0 Å². The molecular weight excluding hydrogens is 426 g/mol. The zero-order chi connectivity index (χ0) is 22.7. The highest BCUT2D eigenvalue weighted by Crippen LogP contribution is 2.28. The number of carbonyl (C=O) groups is 2. The average Bonchev–Trinajstić information content (AvgIpc) is 3.27. The van der Waals surface area contributed by atoms with Crippen molar-refractivity contribution in [1.29, 1.82) is 0 Å². The number of anilines is 1. The lowest BCUT2D eigenvalue weighted by molar-refractivity contribution is -0.137. The molecule has 2 heterocycles. The minimum Gasteiger partial charge on any atom is -0.340 e. The van der Waals surface area contributed by atoms with E-state index in [1.165, 1.54) is 0 Å². The summed E-state index contributed by atoms with van der Waals surface area (Å²) in [6.07, 6.45) is 0. The lowest BCUT2D eigenvalue weighted by atomic mass is 9.93. The summed E-state index contributed by atoms with van der Waals surface area (Å²) in [5, 5.41) is 3.70. The Morgan fingerprint density at radius 3 is 2.50 bits per heavy atom. The molecule has 7 nitrogen and oxygen atoms in total. The van der Waals surface area contributed by atoms with Gasteiger partial charge in [0.25, 0.3) is 0 Å². The van der Waals surface area contributed by atoms with Crippen LogP contribution in [0, 0.1) is 19.8 Å². The van der Waals surface area contributed by atoms with Crippen molar-refractivity contribution >= 4 is 29.1 Å². The summed E-state index contributed by atoms with van der Waals surface area (Å²) >= 11 is 6.00. The standard InChI is InChI=1S/C24H30ClN5O2/c1-16-4-3-5-21(17(16)2)27-22(31)15-29-10-12-30(13-11-29)24(32)20-14-26-28-23(20)18-6-8-19(25)9-7-18/h3-9,20,23,26,28H,10-15H2,1-2H3,(H,27,31). The molecule has 170 valence electrons. The van der Waals surface area contributed by atoms with E-state index in [2.05, 4.69) is 21.1 Å². The Morgan fingerprint density at radius 1 is 1.06 bits per heavy atom. The summed E-state index contributed by atoms with van der Waals surface area (Å²) in [6.45, 7) is 7.59. The van der Waals surface area contributed by atoms with E-state index in [-0.39, 0.29) is 23.8 Å². The first-order chi connectivity index (χ1) is 15.4. The van der Waals surface area contributed by atoms with Gasteiger partial charge in [0.1, 0.15) is 0 Å². The second kappa shape index (κ2) is 10.0. The Labute approximate surface area is 194 Å². The maximum absolute atomic E-state index is 13.2. The Hall–Kier alpha value is -2.45. The molecule has 0 spiro atoms. The number of nitrogens with one attached hydrogen (secondary N) is 3. The van der Waals surface area contributed by atoms with Gasteiger partial charge >= 0.3 is 0 Å². The third-order valence-electron chi connectivity index (χ3n) is 6.46. The molecule has 2 amide bonds. The second-order valence-electron chi connectivity index (χ2n) is 8.56. The van der Waals surface area contributed by atoms with Crippen molar-refractivity contribution in [3.63, 3.8) is 0 Å². The number of nitrogens with zero attached hydrogens (tertiary/aromatic N) is 2. The summed E-state index contributed by atoms with van der Waals surface area (Å²) in [6, 6.07) is 13.4. The van der Waals surface area contributed by atoms with Crippen molar-refractivity contribution in [2.75, 3.05) is 44.6 Å². The highest BCUT2D eigenvalue weighted by molar-refractivity contribution is 6.30. The fourth-order valence-corrected chi connectivity index (χ4v) is 4.48. The number of hydrogen-bond acceptors (Lipinski definition) is 5. The molecule has 0 aliphatic carbocycles. The van der Waals surface area contributed by atoms with Gasteiger partial charge < -0.3 is 10.2 Å². The predicted molar refractivity (Wildman–Crippen MR) is 126 cm³/mol. The number of amides is 2. The van der Waals surface area contributed by atoms with Gasteiger partial charge in [-0.1, -0.05) is 35.9 Å². The maximum atomic E-state index is 13.2. The van der Waals surface area contributed by atoms with Crippen LogP contribution in [0.5, 0.6) is 0 Å². The van der Waals surface area contributed by atoms with Crippen molar-refractivity contribution in [2.24, 2.45) is 5.92 Å². The normalized spacial score (nSPS) is 21.5. The molecule has 2 aliphatic rings. The topological polar surface area (TPSA) is 76.7 Å². The lowest BCUT2D eigenvalue weighted by Crippen LogP contribution is -2.52. The molecule has 2 aromatic carbocycles. The van der Waals surface area contributed by atoms with Crippen LogP contribution >= 0.6 is 11.6 Å². The number of rotatable bonds is 5. The predicted octanol–water partition coefficient (Wildman–Crippen LogP) is 2.50. The molecule has 2 unspecified atom stereocenters. The molecule has 2 fully saturated rings. The van der Waals surface area contributed by atoms with Crippen molar-refractivity contribution < 1.29 is 9.59 Å². The number of aryl methyl sites for hydroxylation is 1. The van der Waals surface area contributed by atoms with Gasteiger partial charge in [-0.05, 0) is 48.7 Å². The second-order valence-corrected chi connectivity index (χ2v) is 8.99. The maximum Gasteiger partial charge on any atom is 0.238 e. The first-order valence-electron chi connectivity index (χ1n) is 11.0. The molecule has 2 aromatic rings. The van der Waals surface area contributed by atoms with Crippen LogP contribution in [-0.2, 0) is 9.59 Å². The Kier molecular flexibility index (Phi) is 7.10. The molecule has 0 saturated carbocycles. The summed E-state index contributed by atoms with van der Waals surface area (Å²) in [5.41, 5.74) is 10.5. The average molecular weight is 456 g/mol. The molecule has 32 heavy (non-hydrogen) atoms. The van der Waals surface area contributed by atoms with Gasteiger partial charge in [0, 0.05) is 43.4 Å². The molecular formula is C24H30ClN5O2. The highest BCUT2D eigenvalue weighted by atomic mass is 35.5. The van der Waals surface area contributed by atoms with Crippen molar-refractivity contribution in [3.05, 3.63) is 64.2 Å². The Morgan fingerprint density at radius 2 is 1.78 bits per heavy atom. The number of benzene rings is 2. The fraction of sp³-hybridized carbons (Fsp3) is 0.417. The van der Waals surface area contributed by atoms with E-state index in [1.807, 2.05) is 61.2 Å². The van der Waals surface area contributed by atoms with Crippen LogP contribution in [0.15, 0.2) is 42.5 Å². The van der Waals surface area contributed by atoms with Crippen LogP contribution in [0.3, 0.4) is 0 Å². The molecule has 2 aliphatic heterocycles. The SMILES string of the molecule is Cc1cccc(NC(=O)CN2CCN(C(=O)C3CNNC3c3ccc(Cl)cc3)CC2)c1C. The van der Waals surface area contributed by atoms with E-state index in [1.54, 1.807) is 0 Å². The third-order valence-corrected chi connectivity index (χ3v) is 6.71. The van der Waals surface area contributed by atoms with Crippen LogP contribution < -0.4 is 16.2 Å². The van der Waals surface area contributed by atoms with Crippen LogP contribution in [0.1, 0.15) is 22.7 Å². The Bertz CT molecular complexity index is 973. The highest BCUT2D eigenvalue weighted by Gasteiger charge is 2.37. The zero-order valence-corrected chi connectivity index (χ0v) is 19.3. The summed E-state index contributed by atoms with van der Waals surface area (Å²) in [7, 11) is 0. The van der Waals surface area contributed by atoms with Crippen LogP contribution in [-0.4, -0.2) is 60.9 Å². The third kappa shape index (κ3) is 5.13.